The minimum absolute atomic E-state index is 0.0500. The molecule has 2 aromatic rings. The predicted octanol–water partition coefficient (Wildman–Crippen LogP) is 3.30. The smallest absolute Gasteiger partial charge is 0.338 e. The highest BCUT2D eigenvalue weighted by Crippen LogP contribution is 2.26. The van der Waals surface area contributed by atoms with Gasteiger partial charge in [0.15, 0.2) is 0 Å². The lowest BCUT2D eigenvalue weighted by molar-refractivity contribution is -0.146. The third-order valence-corrected chi connectivity index (χ3v) is 4.67. The Hall–Kier alpha value is -3.42. The van der Waals surface area contributed by atoms with Crippen molar-refractivity contribution in [3.63, 3.8) is 0 Å². The van der Waals surface area contributed by atoms with Crippen LogP contribution in [0.15, 0.2) is 72.8 Å². The van der Waals surface area contributed by atoms with Gasteiger partial charge in [-0.2, -0.15) is 0 Å². The third kappa shape index (κ3) is 6.80. The maximum Gasteiger partial charge on any atom is 0.338 e. The summed E-state index contributed by atoms with van der Waals surface area (Å²) in [4.78, 5) is 23.2. The molecule has 0 bridgehead atoms. The molecule has 0 amide bonds. The van der Waals surface area contributed by atoms with Crippen LogP contribution in [0.3, 0.4) is 0 Å². The van der Waals surface area contributed by atoms with Gasteiger partial charge in [-0.05, 0) is 49.2 Å². The molecule has 0 spiro atoms. The first-order chi connectivity index (χ1) is 15.2. The lowest BCUT2D eigenvalue weighted by Gasteiger charge is -2.29. The summed E-state index contributed by atoms with van der Waals surface area (Å²) in [5.41, 5.74) is 1.25. The number of hydrogen-bond donors (Lipinski definition) is 2. The van der Waals surface area contributed by atoms with Crippen LogP contribution in [0.5, 0.6) is 11.5 Å². The number of hydrogen-bond acceptors (Lipinski definition) is 7. The number of carbonyl (C=O) groups is 2. The first-order valence-corrected chi connectivity index (χ1v) is 9.95. The second-order valence-electron chi connectivity index (χ2n) is 7.68. The van der Waals surface area contributed by atoms with Crippen molar-refractivity contribution in [3.8, 4) is 22.6 Å². The van der Waals surface area contributed by atoms with E-state index in [0.717, 1.165) is 11.1 Å². The van der Waals surface area contributed by atoms with E-state index in [9.17, 15) is 19.8 Å². The molecule has 0 fully saturated rings. The summed E-state index contributed by atoms with van der Waals surface area (Å²) in [6.45, 7) is 9.05. The average molecular weight is 440 g/mol. The highest BCUT2D eigenvalue weighted by atomic mass is 16.5. The highest BCUT2D eigenvalue weighted by Gasteiger charge is 2.32. The van der Waals surface area contributed by atoms with Crippen molar-refractivity contribution >= 4 is 11.9 Å². The summed E-state index contributed by atoms with van der Waals surface area (Å²) in [5.74, 6) is -0.117. The molecule has 0 atom stereocenters. The van der Waals surface area contributed by atoms with Crippen LogP contribution in [-0.2, 0) is 14.3 Å². The standard InChI is InChI=1S/C25H28O7/c1-17(2)23(28)31-16-25(13-26,14-27)15-30-21-9-5-19(6-10-21)20-7-11-22(12-8-20)32-24(29)18(3)4/h5-12,26-27H,1,3,13-16H2,2,4H3. The van der Waals surface area contributed by atoms with E-state index in [4.69, 9.17) is 14.2 Å². The second kappa shape index (κ2) is 11.3. The SMILES string of the molecule is C=C(C)C(=O)OCC(CO)(CO)COc1ccc(-c2ccc(OC(=O)C(=C)C)cc2)cc1. The molecule has 0 aliphatic carbocycles. The van der Waals surface area contributed by atoms with E-state index >= 15 is 0 Å². The second-order valence-corrected chi connectivity index (χ2v) is 7.68. The van der Waals surface area contributed by atoms with E-state index in [0.29, 0.717) is 17.1 Å². The average Bonchev–Trinajstić information content (AvgIpc) is 2.80. The quantitative estimate of drug-likeness (QED) is 0.314. The largest absolute Gasteiger partial charge is 0.493 e. The van der Waals surface area contributed by atoms with Crippen molar-refractivity contribution in [1.29, 1.82) is 0 Å². The van der Waals surface area contributed by atoms with Gasteiger partial charge >= 0.3 is 11.9 Å². The number of ether oxygens (including phenoxy) is 3. The van der Waals surface area contributed by atoms with E-state index in [2.05, 4.69) is 13.2 Å². The number of aliphatic hydroxyl groups is 2. The van der Waals surface area contributed by atoms with E-state index in [1.165, 1.54) is 6.92 Å². The Kier molecular flexibility index (Phi) is 8.75. The van der Waals surface area contributed by atoms with Gasteiger partial charge in [-0.25, -0.2) is 9.59 Å². The zero-order chi connectivity index (χ0) is 23.7. The number of aliphatic hydroxyl groups excluding tert-OH is 2. The van der Waals surface area contributed by atoms with Gasteiger partial charge in [0.1, 0.15) is 24.7 Å². The van der Waals surface area contributed by atoms with Gasteiger partial charge in [-0.1, -0.05) is 37.4 Å². The Morgan fingerprint density at radius 3 is 1.69 bits per heavy atom. The summed E-state index contributed by atoms with van der Waals surface area (Å²) in [5, 5.41) is 19.4. The number of benzene rings is 2. The predicted molar refractivity (Wildman–Crippen MR) is 120 cm³/mol. The fourth-order valence-corrected chi connectivity index (χ4v) is 2.51. The number of carbonyl (C=O) groups excluding carboxylic acids is 2. The molecule has 0 unspecified atom stereocenters. The fraction of sp³-hybridized carbons (Fsp3) is 0.280. The lowest BCUT2D eigenvalue weighted by atomic mass is 9.92. The first kappa shape index (κ1) is 24.8. The number of esters is 2. The minimum atomic E-state index is -1.14. The topological polar surface area (TPSA) is 102 Å². The molecular weight excluding hydrogens is 412 g/mol. The molecule has 0 aliphatic rings. The third-order valence-electron chi connectivity index (χ3n) is 4.67. The molecule has 2 rings (SSSR count). The van der Waals surface area contributed by atoms with Gasteiger partial charge in [0.05, 0.1) is 18.6 Å². The summed E-state index contributed by atoms with van der Waals surface area (Å²) in [6.07, 6.45) is 0. The van der Waals surface area contributed by atoms with Crippen molar-refractivity contribution in [3.05, 3.63) is 72.8 Å². The number of rotatable bonds is 11. The van der Waals surface area contributed by atoms with Crippen LogP contribution in [0.25, 0.3) is 11.1 Å². The fourth-order valence-electron chi connectivity index (χ4n) is 2.51. The zero-order valence-corrected chi connectivity index (χ0v) is 18.3. The normalized spacial score (nSPS) is 10.9. The van der Waals surface area contributed by atoms with Crippen molar-refractivity contribution in [1.82, 2.24) is 0 Å². The molecule has 0 radical (unpaired) electrons. The minimum Gasteiger partial charge on any atom is -0.493 e. The van der Waals surface area contributed by atoms with Gasteiger partial charge in [-0.15, -0.1) is 0 Å². The van der Waals surface area contributed by atoms with Gasteiger partial charge in [0, 0.05) is 11.1 Å². The Morgan fingerprint density at radius 1 is 0.781 bits per heavy atom. The molecule has 0 saturated carbocycles. The van der Waals surface area contributed by atoms with Gasteiger partial charge in [-0.3, -0.25) is 0 Å². The van der Waals surface area contributed by atoms with Crippen LogP contribution in [0, 0.1) is 5.41 Å². The van der Waals surface area contributed by atoms with Crippen LogP contribution in [0.4, 0.5) is 0 Å². The van der Waals surface area contributed by atoms with Gasteiger partial charge in [0.2, 0.25) is 0 Å². The Bertz CT molecular complexity index is 955. The molecule has 32 heavy (non-hydrogen) atoms. The first-order valence-electron chi connectivity index (χ1n) is 9.95. The summed E-state index contributed by atoms with van der Waals surface area (Å²) in [6, 6.07) is 14.3. The molecule has 170 valence electrons. The molecule has 0 heterocycles. The van der Waals surface area contributed by atoms with E-state index in [-0.39, 0.29) is 18.8 Å². The maximum atomic E-state index is 11.6. The summed E-state index contributed by atoms with van der Waals surface area (Å²) < 4.78 is 16.0. The van der Waals surface area contributed by atoms with E-state index < -0.39 is 30.6 Å². The van der Waals surface area contributed by atoms with Crippen molar-refractivity contribution in [2.24, 2.45) is 5.41 Å². The molecule has 0 saturated heterocycles. The molecule has 7 heteroatoms. The maximum absolute atomic E-state index is 11.6. The molecule has 2 N–H and O–H groups in total. The van der Waals surface area contributed by atoms with Crippen LogP contribution in [0.2, 0.25) is 0 Å². The van der Waals surface area contributed by atoms with E-state index in [1.807, 2.05) is 24.3 Å². The summed E-state index contributed by atoms with van der Waals surface area (Å²) >= 11 is 0. The molecule has 2 aromatic carbocycles. The van der Waals surface area contributed by atoms with Crippen LogP contribution in [-0.4, -0.2) is 48.6 Å². The Morgan fingerprint density at radius 2 is 1.25 bits per heavy atom. The van der Waals surface area contributed by atoms with Gasteiger partial charge in [0.25, 0.3) is 0 Å². The van der Waals surface area contributed by atoms with Gasteiger partial charge < -0.3 is 24.4 Å². The van der Waals surface area contributed by atoms with Crippen LogP contribution in [0.1, 0.15) is 13.8 Å². The zero-order valence-electron chi connectivity index (χ0n) is 18.3. The Balaban J connectivity index is 2.00. The molecule has 7 nitrogen and oxygen atoms in total. The molecular formula is C25H28O7. The van der Waals surface area contributed by atoms with Crippen molar-refractivity contribution in [2.45, 2.75) is 13.8 Å². The van der Waals surface area contributed by atoms with Crippen LogP contribution >= 0.6 is 0 Å². The Labute approximate surface area is 187 Å². The lowest BCUT2D eigenvalue weighted by Crippen LogP contribution is -2.41. The monoisotopic (exact) mass is 440 g/mol. The summed E-state index contributed by atoms with van der Waals surface area (Å²) in [7, 11) is 0. The van der Waals surface area contributed by atoms with E-state index in [1.54, 1.807) is 31.2 Å². The molecule has 0 aliphatic heterocycles. The van der Waals surface area contributed by atoms with Crippen LogP contribution < -0.4 is 9.47 Å². The van der Waals surface area contributed by atoms with Crippen molar-refractivity contribution < 1.29 is 34.0 Å². The highest BCUT2D eigenvalue weighted by molar-refractivity contribution is 5.88. The van der Waals surface area contributed by atoms with Crippen molar-refractivity contribution in [2.75, 3.05) is 26.4 Å². The molecule has 0 aromatic heterocycles.